The molecule has 0 atom stereocenters. The average Bonchev–Trinajstić information content (AvgIpc) is 3.10. The third kappa shape index (κ3) is 3.91. The molecular formula is C23H20N4O2S. The molecule has 0 spiro atoms. The van der Waals surface area contributed by atoms with Crippen molar-refractivity contribution < 1.29 is 8.42 Å². The number of anilines is 1. The minimum atomic E-state index is -3.66. The quantitative estimate of drug-likeness (QED) is 0.507. The number of aromatic nitrogens is 2. The van der Waals surface area contributed by atoms with Gasteiger partial charge in [-0.1, -0.05) is 30.3 Å². The molecule has 7 heteroatoms. The van der Waals surface area contributed by atoms with Crippen LogP contribution in [0.15, 0.2) is 77.7 Å². The standard InChI is InChI=1S/C23H20N4O2S/c1-2-27-22-13-12-19(26-30(28,29)20-6-4-3-5-7-20)15-21(22)25-23(27)14-17-8-10-18(16-24)11-9-17/h3-13,15,26H,2,14H2,1H3. The Hall–Kier alpha value is -3.63. The van der Waals surface area contributed by atoms with Crippen LogP contribution in [0.4, 0.5) is 5.69 Å². The molecule has 0 aliphatic rings. The molecule has 1 heterocycles. The van der Waals surface area contributed by atoms with Gasteiger partial charge >= 0.3 is 0 Å². The Morgan fingerprint density at radius 3 is 2.43 bits per heavy atom. The Morgan fingerprint density at radius 2 is 1.77 bits per heavy atom. The Kier molecular flexibility index (Phi) is 5.25. The second-order valence-electron chi connectivity index (χ2n) is 6.88. The van der Waals surface area contributed by atoms with E-state index >= 15 is 0 Å². The topological polar surface area (TPSA) is 87.8 Å². The lowest BCUT2D eigenvalue weighted by Crippen LogP contribution is -2.12. The molecular weight excluding hydrogens is 396 g/mol. The van der Waals surface area contributed by atoms with Crippen molar-refractivity contribution in [1.82, 2.24) is 9.55 Å². The lowest BCUT2D eigenvalue weighted by Gasteiger charge is -2.09. The smallest absolute Gasteiger partial charge is 0.261 e. The highest BCUT2D eigenvalue weighted by atomic mass is 32.2. The summed E-state index contributed by atoms with van der Waals surface area (Å²) in [6, 6.07) is 23.2. The van der Waals surface area contributed by atoms with Crippen molar-refractivity contribution in [2.75, 3.05) is 4.72 Å². The number of benzene rings is 3. The summed E-state index contributed by atoms with van der Waals surface area (Å²) in [6.45, 7) is 2.80. The molecule has 3 aromatic carbocycles. The van der Waals surface area contributed by atoms with Crippen molar-refractivity contribution in [1.29, 1.82) is 5.26 Å². The van der Waals surface area contributed by atoms with Crippen molar-refractivity contribution in [3.8, 4) is 6.07 Å². The van der Waals surface area contributed by atoms with Crippen molar-refractivity contribution in [3.63, 3.8) is 0 Å². The van der Waals surface area contributed by atoms with Gasteiger partial charge in [0.1, 0.15) is 5.82 Å². The van der Waals surface area contributed by atoms with Crippen LogP contribution in [0, 0.1) is 11.3 Å². The summed E-state index contributed by atoms with van der Waals surface area (Å²) in [4.78, 5) is 4.96. The first kappa shape index (κ1) is 19.7. The highest BCUT2D eigenvalue weighted by molar-refractivity contribution is 7.92. The molecule has 30 heavy (non-hydrogen) atoms. The molecule has 0 aliphatic carbocycles. The van der Waals surface area contributed by atoms with E-state index < -0.39 is 10.0 Å². The number of hydrogen-bond donors (Lipinski definition) is 1. The fraction of sp³-hybridized carbons (Fsp3) is 0.130. The van der Waals surface area contributed by atoms with Gasteiger partial charge in [-0.15, -0.1) is 0 Å². The Bertz CT molecular complexity index is 1340. The van der Waals surface area contributed by atoms with Gasteiger partial charge in [-0.2, -0.15) is 5.26 Å². The fourth-order valence-electron chi connectivity index (χ4n) is 3.42. The van der Waals surface area contributed by atoms with Crippen LogP contribution in [0.5, 0.6) is 0 Å². The second kappa shape index (κ2) is 8.01. The van der Waals surface area contributed by atoms with Gasteiger partial charge in [0.25, 0.3) is 10.0 Å². The van der Waals surface area contributed by atoms with Crippen LogP contribution in [0.2, 0.25) is 0 Å². The molecule has 0 saturated carbocycles. The van der Waals surface area contributed by atoms with Gasteiger partial charge in [0.15, 0.2) is 0 Å². The minimum Gasteiger partial charge on any atom is -0.328 e. The van der Waals surface area contributed by atoms with Crippen LogP contribution >= 0.6 is 0 Å². The Morgan fingerprint density at radius 1 is 1.03 bits per heavy atom. The lowest BCUT2D eigenvalue weighted by atomic mass is 10.1. The van der Waals surface area contributed by atoms with Gasteiger partial charge < -0.3 is 4.57 Å². The normalized spacial score (nSPS) is 11.3. The van der Waals surface area contributed by atoms with E-state index in [1.54, 1.807) is 54.6 Å². The van der Waals surface area contributed by atoms with Crippen molar-refractivity contribution in [2.45, 2.75) is 24.8 Å². The molecule has 0 bridgehead atoms. The molecule has 4 aromatic rings. The van der Waals surface area contributed by atoms with E-state index in [2.05, 4.69) is 22.3 Å². The first-order valence-electron chi connectivity index (χ1n) is 9.56. The van der Waals surface area contributed by atoms with E-state index in [1.807, 2.05) is 18.2 Å². The van der Waals surface area contributed by atoms with Crippen LogP contribution in [0.25, 0.3) is 11.0 Å². The molecule has 4 rings (SSSR count). The number of nitrogens with zero attached hydrogens (tertiary/aromatic N) is 3. The largest absolute Gasteiger partial charge is 0.328 e. The Balaban J connectivity index is 1.65. The first-order chi connectivity index (χ1) is 14.5. The van der Waals surface area contributed by atoms with Gasteiger partial charge in [-0.25, -0.2) is 13.4 Å². The van der Waals surface area contributed by atoms with Crippen LogP contribution in [0.1, 0.15) is 23.9 Å². The fourth-order valence-corrected chi connectivity index (χ4v) is 4.49. The average molecular weight is 417 g/mol. The SMILES string of the molecule is CCn1c(Cc2ccc(C#N)cc2)nc2cc(NS(=O)(=O)c3ccccc3)ccc21. The summed E-state index contributed by atoms with van der Waals surface area (Å²) in [5, 5.41) is 8.96. The van der Waals surface area contributed by atoms with E-state index in [9.17, 15) is 8.42 Å². The zero-order valence-electron chi connectivity index (χ0n) is 16.4. The van der Waals surface area contributed by atoms with E-state index in [-0.39, 0.29) is 4.90 Å². The lowest BCUT2D eigenvalue weighted by molar-refractivity contribution is 0.601. The monoisotopic (exact) mass is 416 g/mol. The molecule has 150 valence electrons. The Labute approximate surface area is 175 Å². The number of nitrogens with one attached hydrogen (secondary N) is 1. The predicted molar refractivity (Wildman–Crippen MR) is 117 cm³/mol. The van der Waals surface area contributed by atoms with E-state index in [1.165, 1.54) is 0 Å². The second-order valence-corrected chi connectivity index (χ2v) is 8.56. The molecule has 6 nitrogen and oxygen atoms in total. The first-order valence-corrected chi connectivity index (χ1v) is 11.0. The molecule has 0 fully saturated rings. The van der Waals surface area contributed by atoms with Gasteiger partial charge in [0, 0.05) is 13.0 Å². The molecule has 0 saturated heterocycles. The van der Waals surface area contributed by atoms with Crippen LogP contribution < -0.4 is 4.72 Å². The minimum absolute atomic E-state index is 0.214. The van der Waals surface area contributed by atoms with Gasteiger partial charge in [0.05, 0.1) is 33.2 Å². The zero-order valence-corrected chi connectivity index (χ0v) is 17.2. The number of fused-ring (bicyclic) bond motifs is 1. The summed E-state index contributed by atoms with van der Waals surface area (Å²) >= 11 is 0. The molecule has 1 aromatic heterocycles. The maximum absolute atomic E-state index is 12.6. The predicted octanol–water partition coefficient (Wildman–Crippen LogP) is 4.32. The van der Waals surface area contributed by atoms with Crippen molar-refractivity contribution in [2.24, 2.45) is 0 Å². The molecule has 0 aliphatic heterocycles. The van der Waals surface area contributed by atoms with Gasteiger partial charge in [0.2, 0.25) is 0 Å². The van der Waals surface area contributed by atoms with E-state index in [0.29, 0.717) is 17.7 Å². The molecule has 1 N–H and O–H groups in total. The third-order valence-electron chi connectivity index (χ3n) is 4.89. The molecule has 0 amide bonds. The number of hydrogen-bond acceptors (Lipinski definition) is 4. The van der Waals surface area contributed by atoms with Crippen LogP contribution in [0.3, 0.4) is 0 Å². The maximum atomic E-state index is 12.6. The van der Waals surface area contributed by atoms with E-state index in [0.717, 1.165) is 29.0 Å². The zero-order chi connectivity index (χ0) is 21.1. The summed E-state index contributed by atoms with van der Waals surface area (Å²) in [5.41, 5.74) is 3.83. The van der Waals surface area contributed by atoms with Crippen molar-refractivity contribution >= 4 is 26.7 Å². The maximum Gasteiger partial charge on any atom is 0.261 e. The van der Waals surface area contributed by atoms with Crippen LogP contribution in [-0.4, -0.2) is 18.0 Å². The summed E-state index contributed by atoms with van der Waals surface area (Å²) in [5.74, 6) is 0.889. The van der Waals surface area contributed by atoms with E-state index in [4.69, 9.17) is 10.2 Å². The van der Waals surface area contributed by atoms with Gasteiger partial charge in [-0.3, -0.25) is 4.72 Å². The number of imidazole rings is 1. The molecule has 0 unspecified atom stereocenters. The van der Waals surface area contributed by atoms with Crippen LogP contribution in [-0.2, 0) is 23.0 Å². The number of aryl methyl sites for hydroxylation is 1. The van der Waals surface area contributed by atoms with Gasteiger partial charge in [-0.05, 0) is 55.0 Å². The molecule has 0 radical (unpaired) electrons. The number of nitriles is 1. The third-order valence-corrected chi connectivity index (χ3v) is 6.29. The number of sulfonamides is 1. The summed E-state index contributed by atoms with van der Waals surface area (Å²) in [6.07, 6.45) is 0.624. The number of rotatable bonds is 6. The summed E-state index contributed by atoms with van der Waals surface area (Å²) < 4.78 is 29.9. The van der Waals surface area contributed by atoms with Crippen molar-refractivity contribution in [3.05, 3.63) is 89.7 Å². The highest BCUT2D eigenvalue weighted by Gasteiger charge is 2.16. The highest BCUT2D eigenvalue weighted by Crippen LogP contribution is 2.24. The summed E-state index contributed by atoms with van der Waals surface area (Å²) in [7, 11) is -3.66.